The lowest BCUT2D eigenvalue weighted by Gasteiger charge is -2.39. The van der Waals surface area contributed by atoms with E-state index in [9.17, 15) is 4.57 Å². The highest BCUT2D eigenvalue weighted by molar-refractivity contribution is 9.09. The predicted octanol–water partition coefficient (Wildman–Crippen LogP) is 5.43. The van der Waals surface area contributed by atoms with Crippen LogP contribution in [0.4, 0.5) is 0 Å². The van der Waals surface area contributed by atoms with Crippen LogP contribution in [0.3, 0.4) is 0 Å². The van der Waals surface area contributed by atoms with Gasteiger partial charge in [-0.15, -0.1) is 0 Å². The summed E-state index contributed by atoms with van der Waals surface area (Å²) in [6.07, 6.45) is 1.03. The van der Waals surface area contributed by atoms with Gasteiger partial charge in [-0.25, -0.2) is 0 Å². The third-order valence-electron chi connectivity index (χ3n) is 3.78. The minimum absolute atomic E-state index is 0.103. The van der Waals surface area contributed by atoms with Crippen LogP contribution in [0.15, 0.2) is 0 Å². The summed E-state index contributed by atoms with van der Waals surface area (Å²) in [4.78, 5) is 0. The summed E-state index contributed by atoms with van der Waals surface area (Å²) in [7, 11) is -4.97. The lowest BCUT2D eigenvalue weighted by Crippen LogP contribution is -2.45. The van der Waals surface area contributed by atoms with Gasteiger partial charge in [0.15, 0.2) is 8.32 Å². The van der Waals surface area contributed by atoms with Gasteiger partial charge in [0.1, 0.15) is 0 Å². The average molecular weight is 403 g/mol. The van der Waals surface area contributed by atoms with Gasteiger partial charge in [-0.1, -0.05) is 36.7 Å². The SMILES string of the molecule is CCOP(=O)(CC(CCBr)O[Si](C)(C)C(C)(C)C)OCC. The van der Waals surface area contributed by atoms with Crippen LogP contribution in [0, 0.1) is 0 Å². The number of hydrogen-bond acceptors (Lipinski definition) is 4. The summed E-state index contributed by atoms with van der Waals surface area (Å²) in [5, 5.41) is 0.934. The van der Waals surface area contributed by atoms with E-state index >= 15 is 0 Å². The van der Waals surface area contributed by atoms with Gasteiger partial charge >= 0.3 is 7.60 Å². The monoisotopic (exact) mass is 402 g/mol. The molecule has 0 bridgehead atoms. The summed E-state index contributed by atoms with van der Waals surface area (Å²) < 4.78 is 29.9. The predicted molar refractivity (Wildman–Crippen MR) is 96.2 cm³/mol. The molecule has 0 radical (unpaired) electrons. The number of halogens is 1. The van der Waals surface area contributed by atoms with Gasteiger partial charge in [0, 0.05) is 5.33 Å². The van der Waals surface area contributed by atoms with E-state index in [2.05, 4.69) is 49.8 Å². The fourth-order valence-electron chi connectivity index (χ4n) is 1.69. The standard InChI is InChI=1S/C14H32BrO4PSi/c1-8-17-20(16,18-9-2)12-13(10-11-15)19-21(6,7)14(3,4)5/h13H,8-12H2,1-7H3. The molecule has 0 saturated carbocycles. The van der Waals surface area contributed by atoms with Crippen molar-refractivity contribution in [3.05, 3.63) is 0 Å². The maximum atomic E-state index is 12.7. The molecule has 0 rings (SSSR count). The van der Waals surface area contributed by atoms with E-state index in [-0.39, 0.29) is 11.1 Å². The Bertz CT molecular complexity index is 334. The Kier molecular flexibility index (Phi) is 9.54. The smallest absolute Gasteiger partial charge is 0.333 e. The third kappa shape index (κ3) is 7.75. The fraction of sp³-hybridized carbons (Fsp3) is 1.00. The zero-order chi connectivity index (χ0) is 16.7. The van der Waals surface area contributed by atoms with Crippen LogP contribution >= 0.6 is 23.5 Å². The molecule has 7 heteroatoms. The Morgan fingerprint density at radius 2 is 1.62 bits per heavy atom. The molecule has 1 atom stereocenters. The zero-order valence-electron chi connectivity index (χ0n) is 14.6. The van der Waals surface area contributed by atoms with Crippen molar-refractivity contribution < 1.29 is 18.0 Å². The average Bonchev–Trinajstić information content (AvgIpc) is 2.27. The van der Waals surface area contributed by atoms with Crippen molar-refractivity contribution in [3.63, 3.8) is 0 Å². The Morgan fingerprint density at radius 3 is 1.95 bits per heavy atom. The molecule has 0 aliphatic heterocycles. The van der Waals surface area contributed by atoms with E-state index in [4.69, 9.17) is 13.5 Å². The number of rotatable bonds is 10. The molecule has 0 aliphatic rings. The van der Waals surface area contributed by atoms with Crippen LogP contribution < -0.4 is 0 Å². The van der Waals surface area contributed by atoms with Crippen LogP contribution in [0.1, 0.15) is 41.0 Å². The Balaban J connectivity index is 5.01. The minimum atomic E-state index is -3.07. The van der Waals surface area contributed by atoms with E-state index in [1.54, 1.807) is 0 Å². The van der Waals surface area contributed by atoms with E-state index < -0.39 is 15.9 Å². The highest BCUT2D eigenvalue weighted by Gasteiger charge is 2.40. The molecule has 1 unspecified atom stereocenters. The van der Waals surface area contributed by atoms with Crippen LogP contribution in [-0.4, -0.2) is 39.1 Å². The minimum Gasteiger partial charge on any atom is -0.413 e. The lowest BCUT2D eigenvalue weighted by molar-refractivity contribution is 0.171. The second-order valence-electron chi connectivity index (χ2n) is 6.61. The molecule has 0 N–H and O–H groups in total. The van der Waals surface area contributed by atoms with E-state index in [0.29, 0.717) is 19.4 Å². The summed E-state index contributed by atoms with van der Waals surface area (Å²) in [6.45, 7) is 15.5. The first kappa shape index (κ1) is 21.8. The summed E-state index contributed by atoms with van der Waals surface area (Å²) in [6, 6.07) is 0. The van der Waals surface area contributed by atoms with E-state index in [1.807, 2.05) is 13.8 Å². The molecule has 0 aromatic heterocycles. The van der Waals surface area contributed by atoms with Gasteiger partial charge in [-0.2, -0.15) is 0 Å². The normalized spacial score (nSPS) is 15.2. The molecule has 4 nitrogen and oxygen atoms in total. The topological polar surface area (TPSA) is 44.8 Å². The van der Waals surface area contributed by atoms with Gasteiger partial charge in [-0.3, -0.25) is 4.57 Å². The molecular weight excluding hydrogens is 371 g/mol. The summed E-state index contributed by atoms with van der Waals surface area (Å²) in [5.41, 5.74) is 0. The molecular formula is C14H32BrO4PSi. The third-order valence-corrected chi connectivity index (χ3v) is 10.9. The van der Waals surface area contributed by atoms with Crippen molar-refractivity contribution in [2.24, 2.45) is 0 Å². The molecule has 0 aromatic carbocycles. The van der Waals surface area contributed by atoms with Crippen molar-refractivity contribution in [1.82, 2.24) is 0 Å². The van der Waals surface area contributed by atoms with Crippen LogP contribution in [0.2, 0.25) is 18.1 Å². The van der Waals surface area contributed by atoms with Crippen molar-refractivity contribution in [2.45, 2.75) is 65.3 Å². The largest absolute Gasteiger partial charge is 0.413 e. The van der Waals surface area contributed by atoms with Gasteiger partial charge in [-0.05, 0) is 38.4 Å². The molecule has 0 heterocycles. The first-order chi connectivity index (χ1) is 9.51. The quantitative estimate of drug-likeness (QED) is 0.277. The molecule has 0 saturated heterocycles. The second-order valence-corrected chi connectivity index (χ2v) is 14.3. The van der Waals surface area contributed by atoms with Crippen LogP contribution in [0.25, 0.3) is 0 Å². The van der Waals surface area contributed by atoms with Crippen molar-refractivity contribution >= 4 is 31.8 Å². The summed E-state index contributed by atoms with van der Waals surface area (Å²) >= 11 is 3.46. The van der Waals surface area contributed by atoms with Crippen LogP contribution in [-0.2, 0) is 18.0 Å². The number of hydrogen-bond donors (Lipinski definition) is 0. The molecule has 0 aliphatic carbocycles. The number of alkyl halides is 1. The first-order valence-corrected chi connectivity index (χ1v) is 13.4. The van der Waals surface area contributed by atoms with Gasteiger partial charge < -0.3 is 13.5 Å². The van der Waals surface area contributed by atoms with Crippen molar-refractivity contribution in [2.75, 3.05) is 24.7 Å². The van der Waals surface area contributed by atoms with Gasteiger partial charge in [0.25, 0.3) is 0 Å². The Hall–Kier alpha value is 0.807. The van der Waals surface area contributed by atoms with Gasteiger partial charge in [0.2, 0.25) is 0 Å². The molecule has 0 spiro atoms. The van der Waals surface area contributed by atoms with E-state index in [0.717, 1.165) is 11.8 Å². The highest BCUT2D eigenvalue weighted by Crippen LogP contribution is 2.50. The highest BCUT2D eigenvalue weighted by atomic mass is 79.9. The zero-order valence-corrected chi connectivity index (χ0v) is 18.1. The first-order valence-electron chi connectivity index (χ1n) is 7.63. The summed E-state index contributed by atoms with van der Waals surface area (Å²) in [5.74, 6) is 0. The molecule has 128 valence electrons. The van der Waals surface area contributed by atoms with Gasteiger partial charge in [0.05, 0.1) is 25.5 Å². The molecule has 0 amide bonds. The maximum Gasteiger partial charge on any atom is 0.333 e. The fourth-order valence-corrected chi connectivity index (χ4v) is 5.56. The second kappa shape index (κ2) is 9.19. The molecule has 0 fully saturated rings. The van der Waals surface area contributed by atoms with Crippen molar-refractivity contribution in [1.29, 1.82) is 0 Å². The maximum absolute atomic E-state index is 12.7. The van der Waals surface area contributed by atoms with Crippen molar-refractivity contribution in [3.8, 4) is 0 Å². The Labute approximate surface area is 140 Å². The lowest BCUT2D eigenvalue weighted by atomic mass is 10.2. The molecule has 21 heavy (non-hydrogen) atoms. The Morgan fingerprint density at radius 1 is 1.14 bits per heavy atom. The molecule has 0 aromatic rings. The van der Waals surface area contributed by atoms with E-state index in [1.165, 1.54) is 0 Å². The van der Waals surface area contributed by atoms with Crippen LogP contribution in [0.5, 0.6) is 0 Å².